The normalized spacial score (nSPS) is 19.6. The molecule has 0 amide bonds. The number of nitrogens with zero attached hydrogens (tertiary/aromatic N) is 2. The van der Waals surface area contributed by atoms with Gasteiger partial charge in [-0.1, -0.05) is 0 Å². The maximum Gasteiger partial charge on any atom is 0.292 e. The van der Waals surface area contributed by atoms with Crippen LogP contribution in [0.15, 0.2) is 23.2 Å². The second kappa shape index (κ2) is 5.66. The quantitative estimate of drug-likeness (QED) is 0.277. The van der Waals surface area contributed by atoms with Gasteiger partial charge in [0.05, 0.1) is 17.6 Å². The van der Waals surface area contributed by atoms with Gasteiger partial charge in [-0.15, -0.1) is 0 Å². The van der Waals surface area contributed by atoms with Crippen molar-refractivity contribution in [2.75, 3.05) is 18.9 Å². The molecule has 0 aliphatic carbocycles. The Morgan fingerprint density at radius 2 is 2.37 bits per heavy atom. The zero-order valence-corrected chi connectivity index (χ0v) is 10.4. The SMILES string of the molecule is NC(=NCC1CCCO1)c1ccc(N)c([N+](=O)[O-])c1. The maximum atomic E-state index is 10.8. The summed E-state index contributed by atoms with van der Waals surface area (Å²) < 4.78 is 5.43. The molecule has 1 saturated heterocycles. The molecule has 0 saturated carbocycles. The molecular weight excluding hydrogens is 248 g/mol. The second-order valence-electron chi connectivity index (χ2n) is 4.39. The summed E-state index contributed by atoms with van der Waals surface area (Å²) in [7, 11) is 0. The molecule has 0 spiro atoms. The zero-order valence-electron chi connectivity index (χ0n) is 10.4. The number of nitrogens with two attached hydrogens (primary N) is 2. The first kappa shape index (κ1) is 13.3. The van der Waals surface area contributed by atoms with Crippen LogP contribution in [0, 0.1) is 10.1 Å². The van der Waals surface area contributed by atoms with Crippen LogP contribution >= 0.6 is 0 Å². The van der Waals surface area contributed by atoms with E-state index in [1.165, 1.54) is 12.1 Å². The van der Waals surface area contributed by atoms with Gasteiger partial charge in [-0.25, -0.2) is 0 Å². The average molecular weight is 264 g/mol. The number of ether oxygens (including phenoxy) is 1. The molecule has 0 radical (unpaired) electrons. The fourth-order valence-electron chi connectivity index (χ4n) is 1.94. The Morgan fingerprint density at radius 3 is 3.00 bits per heavy atom. The van der Waals surface area contributed by atoms with Gasteiger partial charge in [0.1, 0.15) is 11.5 Å². The highest BCUT2D eigenvalue weighted by Crippen LogP contribution is 2.22. The molecule has 7 nitrogen and oxygen atoms in total. The molecule has 4 N–H and O–H groups in total. The lowest BCUT2D eigenvalue weighted by atomic mass is 10.1. The molecule has 1 aliphatic heterocycles. The second-order valence-corrected chi connectivity index (χ2v) is 4.39. The van der Waals surface area contributed by atoms with Crippen molar-refractivity contribution >= 4 is 17.2 Å². The first-order valence-corrected chi connectivity index (χ1v) is 6.03. The van der Waals surface area contributed by atoms with Crippen molar-refractivity contribution < 1.29 is 9.66 Å². The Kier molecular flexibility index (Phi) is 3.96. The smallest absolute Gasteiger partial charge is 0.292 e. The first-order chi connectivity index (χ1) is 9.08. The number of benzene rings is 1. The Hall–Kier alpha value is -2.15. The van der Waals surface area contributed by atoms with Crippen molar-refractivity contribution in [2.24, 2.45) is 10.7 Å². The summed E-state index contributed by atoms with van der Waals surface area (Å²) in [5.74, 6) is 0.263. The van der Waals surface area contributed by atoms with Crippen molar-refractivity contribution in [2.45, 2.75) is 18.9 Å². The summed E-state index contributed by atoms with van der Waals surface area (Å²) >= 11 is 0. The van der Waals surface area contributed by atoms with E-state index < -0.39 is 4.92 Å². The van der Waals surface area contributed by atoms with Crippen LogP contribution in [0.1, 0.15) is 18.4 Å². The van der Waals surface area contributed by atoms with Crippen LogP contribution < -0.4 is 11.5 Å². The molecule has 1 atom stereocenters. The van der Waals surface area contributed by atoms with Gasteiger partial charge < -0.3 is 16.2 Å². The molecular formula is C12H16N4O3. The topological polar surface area (TPSA) is 117 Å². The zero-order chi connectivity index (χ0) is 13.8. The molecule has 1 unspecified atom stereocenters. The average Bonchev–Trinajstić information content (AvgIpc) is 2.89. The lowest BCUT2D eigenvalue weighted by Gasteiger charge is -2.07. The van der Waals surface area contributed by atoms with Gasteiger partial charge in [0.15, 0.2) is 0 Å². The number of nitrogen functional groups attached to an aromatic ring is 1. The minimum Gasteiger partial charge on any atom is -0.393 e. The summed E-state index contributed by atoms with van der Waals surface area (Å²) in [6, 6.07) is 4.42. The van der Waals surface area contributed by atoms with E-state index in [-0.39, 0.29) is 23.3 Å². The molecule has 0 bridgehead atoms. The Balaban J connectivity index is 2.13. The third kappa shape index (κ3) is 3.19. The molecule has 1 aromatic carbocycles. The van der Waals surface area contributed by atoms with Crippen LogP contribution in [-0.4, -0.2) is 30.0 Å². The summed E-state index contributed by atoms with van der Waals surface area (Å²) in [6.07, 6.45) is 2.11. The summed E-state index contributed by atoms with van der Waals surface area (Å²) in [5.41, 5.74) is 11.8. The van der Waals surface area contributed by atoms with Gasteiger partial charge in [0, 0.05) is 18.2 Å². The number of hydrogen-bond donors (Lipinski definition) is 2. The van der Waals surface area contributed by atoms with Crippen molar-refractivity contribution in [1.29, 1.82) is 0 Å². The minimum absolute atomic E-state index is 0.0994. The van der Waals surface area contributed by atoms with Gasteiger partial charge in [-0.05, 0) is 25.0 Å². The summed E-state index contributed by atoms with van der Waals surface area (Å²) in [6.45, 7) is 1.23. The lowest BCUT2D eigenvalue weighted by Crippen LogP contribution is -2.18. The molecule has 1 aliphatic rings. The monoisotopic (exact) mass is 264 g/mol. The highest BCUT2D eigenvalue weighted by Gasteiger charge is 2.16. The Labute approximate surface area is 110 Å². The summed E-state index contributed by atoms with van der Waals surface area (Å²) in [5, 5.41) is 10.8. The van der Waals surface area contributed by atoms with Crippen LogP contribution in [0.3, 0.4) is 0 Å². The van der Waals surface area contributed by atoms with E-state index in [2.05, 4.69) is 4.99 Å². The number of anilines is 1. The molecule has 1 heterocycles. The Morgan fingerprint density at radius 1 is 1.58 bits per heavy atom. The third-order valence-corrected chi connectivity index (χ3v) is 3.01. The maximum absolute atomic E-state index is 10.8. The molecule has 1 aromatic rings. The number of hydrogen-bond acceptors (Lipinski definition) is 5. The number of nitro groups is 1. The van der Waals surface area contributed by atoms with Crippen molar-refractivity contribution in [3.05, 3.63) is 33.9 Å². The van der Waals surface area contributed by atoms with E-state index in [1.54, 1.807) is 6.07 Å². The van der Waals surface area contributed by atoms with Crippen LogP contribution in [0.2, 0.25) is 0 Å². The Bertz CT molecular complexity index is 510. The standard InChI is InChI=1S/C12H16N4O3/c13-10-4-3-8(6-11(10)16(17)18)12(14)15-7-9-2-1-5-19-9/h3-4,6,9H,1-2,5,7,13H2,(H2,14,15). The first-order valence-electron chi connectivity index (χ1n) is 6.03. The van der Waals surface area contributed by atoms with E-state index in [1.807, 2.05) is 0 Å². The molecule has 1 fully saturated rings. The molecule has 19 heavy (non-hydrogen) atoms. The summed E-state index contributed by atoms with van der Waals surface area (Å²) in [4.78, 5) is 14.5. The molecule has 102 valence electrons. The fraction of sp³-hybridized carbons (Fsp3) is 0.417. The highest BCUT2D eigenvalue weighted by molar-refractivity contribution is 5.98. The van der Waals surface area contributed by atoms with Crippen molar-refractivity contribution in [1.82, 2.24) is 0 Å². The predicted octanol–water partition coefficient (Wildman–Crippen LogP) is 1.06. The molecule has 7 heteroatoms. The van der Waals surface area contributed by atoms with Crippen LogP contribution in [0.4, 0.5) is 11.4 Å². The van der Waals surface area contributed by atoms with E-state index in [0.717, 1.165) is 19.4 Å². The van der Waals surface area contributed by atoms with E-state index in [0.29, 0.717) is 12.1 Å². The van der Waals surface area contributed by atoms with E-state index in [4.69, 9.17) is 16.2 Å². The van der Waals surface area contributed by atoms with Crippen molar-refractivity contribution in [3.8, 4) is 0 Å². The third-order valence-electron chi connectivity index (χ3n) is 3.01. The number of aliphatic imine (C=N–C) groups is 1. The van der Waals surface area contributed by atoms with Crippen LogP contribution in [0.5, 0.6) is 0 Å². The number of rotatable bonds is 4. The lowest BCUT2D eigenvalue weighted by molar-refractivity contribution is -0.383. The van der Waals surface area contributed by atoms with Gasteiger partial charge in [0.25, 0.3) is 5.69 Å². The van der Waals surface area contributed by atoms with Gasteiger partial charge in [-0.2, -0.15) is 0 Å². The molecule has 0 aromatic heterocycles. The highest BCUT2D eigenvalue weighted by atomic mass is 16.6. The van der Waals surface area contributed by atoms with Crippen molar-refractivity contribution in [3.63, 3.8) is 0 Å². The van der Waals surface area contributed by atoms with E-state index in [9.17, 15) is 10.1 Å². The largest absolute Gasteiger partial charge is 0.393 e. The minimum atomic E-state index is -0.536. The molecule has 2 rings (SSSR count). The number of amidine groups is 1. The van der Waals surface area contributed by atoms with Crippen LogP contribution in [0.25, 0.3) is 0 Å². The predicted molar refractivity (Wildman–Crippen MR) is 72.1 cm³/mol. The van der Waals surface area contributed by atoms with Crippen LogP contribution in [-0.2, 0) is 4.74 Å². The fourth-order valence-corrected chi connectivity index (χ4v) is 1.94. The number of nitro benzene ring substituents is 1. The van der Waals surface area contributed by atoms with Gasteiger partial charge in [-0.3, -0.25) is 15.1 Å². The van der Waals surface area contributed by atoms with E-state index >= 15 is 0 Å². The van der Waals surface area contributed by atoms with Gasteiger partial charge in [0.2, 0.25) is 0 Å². The van der Waals surface area contributed by atoms with Gasteiger partial charge >= 0.3 is 0 Å².